The molecule has 2 amide bonds. The third-order valence-corrected chi connectivity index (χ3v) is 6.40. The molecule has 2 aromatic heterocycles. The Morgan fingerprint density at radius 3 is 2.61 bits per heavy atom. The molecule has 3 heterocycles. The highest BCUT2D eigenvalue weighted by Gasteiger charge is 2.50. The fraction of sp³-hybridized carbons (Fsp3) is 0.455. The van der Waals surface area contributed by atoms with Gasteiger partial charge in [-0.3, -0.25) is 19.3 Å². The van der Waals surface area contributed by atoms with Crippen LogP contribution in [0.3, 0.4) is 0 Å². The highest BCUT2D eigenvalue weighted by atomic mass is 35.5. The fourth-order valence-electron chi connectivity index (χ4n) is 4.84. The van der Waals surface area contributed by atoms with Crippen LogP contribution in [0.1, 0.15) is 64.5 Å². The molecule has 1 aliphatic carbocycles. The Morgan fingerprint density at radius 2 is 2.00 bits per heavy atom. The third-order valence-electron chi connectivity index (χ3n) is 6.07. The quantitative estimate of drug-likeness (QED) is 0.670. The van der Waals surface area contributed by atoms with E-state index in [2.05, 4.69) is 4.98 Å². The first-order valence-electron chi connectivity index (χ1n) is 10.3. The highest BCUT2D eigenvalue weighted by molar-refractivity contribution is 6.33. The number of nitrogens with zero attached hydrogens (tertiary/aromatic N) is 3. The second-order valence-corrected chi connectivity index (χ2v) is 9.54. The minimum atomic E-state index is -4.82. The first-order chi connectivity index (χ1) is 15.4. The minimum absolute atomic E-state index is 0.00975. The van der Waals surface area contributed by atoms with Gasteiger partial charge >= 0.3 is 6.18 Å². The van der Waals surface area contributed by atoms with Gasteiger partial charge < -0.3 is 9.88 Å². The molecule has 2 aliphatic rings. The second-order valence-electron chi connectivity index (χ2n) is 9.14. The van der Waals surface area contributed by atoms with Crippen LogP contribution in [-0.2, 0) is 24.2 Å². The van der Waals surface area contributed by atoms with E-state index in [1.54, 1.807) is 4.57 Å². The molecule has 0 saturated heterocycles. The summed E-state index contributed by atoms with van der Waals surface area (Å²) in [5.74, 6) is -1.59. The molecule has 0 radical (unpaired) electrons. The SMILES string of the molecule is CC(=O)NC(c1c2c(n3c1C(=O)N(c1nccc(Cl)c1C=O)CC3)CC(C)(C)C2)C(F)(F)F. The Balaban J connectivity index is 1.93. The average molecular weight is 483 g/mol. The molecular weight excluding hydrogens is 461 g/mol. The number of amides is 2. The molecule has 0 fully saturated rings. The molecule has 176 valence electrons. The van der Waals surface area contributed by atoms with E-state index in [1.165, 1.54) is 17.2 Å². The van der Waals surface area contributed by atoms with E-state index in [1.807, 2.05) is 19.2 Å². The average Bonchev–Trinajstić information content (AvgIpc) is 3.16. The van der Waals surface area contributed by atoms with Crippen molar-refractivity contribution in [1.29, 1.82) is 0 Å². The Morgan fingerprint density at radius 1 is 1.30 bits per heavy atom. The lowest BCUT2D eigenvalue weighted by Crippen LogP contribution is -2.44. The number of carbonyl (C=O) groups excluding carboxylic acids is 3. The number of hydrogen-bond donors (Lipinski definition) is 1. The van der Waals surface area contributed by atoms with Gasteiger partial charge in [0.2, 0.25) is 5.91 Å². The molecule has 1 unspecified atom stereocenters. The van der Waals surface area contributed by atoms with Gasteiger partial charge in [0.15, 0.2) is 12.3 Å². The molecule has 0 spiro atoms. The summed E-state index contributed by atoms with van der Waals surface area (Å²) in [5.41, 5.74) is 0.437. The van der Waals surface area contributed by atoms with Crippen molar-refractivity contribution in [1.82, 2.24) is 14.9 Å². The van der Waals surface area contributed by atoms with Crippen LogP contribution in [0.5, 0.6) is 0 Å². The van der Waals surface area contributed by atoms with Crippen molar-refractivity contribution in [2.75, 3.05) is 11.4 Å². The van der Waals surface area contributed by atoms with E-state index < -0.39 is 24.0 Å². The van der Waals surface area contributed by atoms with Crippen LogP contribution in [-0.4, -0.2) is 40.4 Å². The molecule has 4 rings (SSSR count). The summed E-state index contributed by atoms with van der Waals surface area (Å²) in [7, 11) is 0. The number of aromatic nitrogens is 2. The van der Waals surface area contributed by atoms with Gasteiger partial charge in [-0.25, -0.2) is 4.98 Å². The number of alkyl halides is 3. The van der Waals surface area contributed by atoms with E-state index >= 15 is 0 Å². The topological polar surface area (TPSA) is 84.3 Å². The maximum Gasteiger partial charge on any atom is 0.412 e. The van der Waals surface area contributed by atoms with Gasteiger partial charge in [0, 0.05) is 37.5 Å². The molecule has 0 bridgehead atoms. The van der Waals surface area contributed by atoms with Gasteiger partial charge in [-0.05, 0) is 29.9 Å². The Kier molecular flexibility index (Phi) is 5.55. The Bertz CT molecular complexity index is 1170. The molecule has 0 saturated carbocycles. The standard InChI is InChI=1S/C22H22ClF3N4O3/c1-11(32)28-18(22(24,25)26)16-12-8-21(2,3)9-15(12)29-6-7-30(20(33)17(16)29)19-13(10-31)14(23)4-5-27-19/h4-5,10,18H,6-9H2,1-3H3,(H,28,32). The summed E-state index contributed by atoms with van der Waals surface area (Å²) in [6, 6.07) is -0.944. The van der Waals surface area contributed by atoms with Crippen LogP contribution in [0.4, 0.5) is 19.0 Å². The normalized spacial score (nSPS) is 18.0. The summed E-state index contributed by atoms with van der Waals surface area (Å²) >= 11 is 6.08. The predicted octanol–water partition coefficient (Wildman–Crippen LogP) is 3.87. The first-order valence-corrected chi connectivity index (χ1v) is 10.7. The van der Waals surface area contributed by atoms with Gasteiger partial charge in [0.1, 0.15) is 11.5 Å². The predicted molar refractivity (Wildman–Crippen MR) is 115 cm³/mol. The molecule has 2 aromatic rings. The number of halogens is 4. The van der Waals surface area contributed by atoms with E-state index in [4.69, 9.17) is 11.6 Å². The number of rotatable bonds is 4. The van der Waals surface area contributed by atoms with E-state index in [9.17, 15) is 27.6 Å². The van der Waals surface area contributed by atoms with Crippen LogP contribution in [0, 0.1) is 5.41 Å². The summed E-state index contributed by atoms with van der Waals surface area (Å²) in [6.45, 7) is 5.24. The van der Waals surface area contributed by atoms with Crippen molar-refractivity contribution in [3.8, 4) is 0 Å². The minimum Gasteiger partial charge on any atom is -0.341 e. The zero-order valence-corrected chi connectivity index (χ0v) is 19.0. The zero-order valence-electron chi connectivity index (χ0n) is 18.2. The largest absolute Gasteiger partial charge is 0.412 e. The van der Waals surface area contributed by atoms with Crippen molar-refractivity contribution in [3.63, 3.8) is 0 Å². The number of anilines is 1. The van der Waals surface area contributed by atoms with E-state index in [0.717, 1.165) is 6.92 Å². The number of hydrogen-bond acceptors (Lipinski definition) is 4. The highest BCUT2D eigenvalue weighted by Crippen LogP contribution is 2.47. The van der Waals surface area contributed by atoms with Crippen LogP contribution >= 0.6 is 11.6 Å². The fourth-order valence-corrected chi connectivity index (χ4v) is 5.03. The molecular formula is C22H22ClF3N4O3. The van der Waals surface area contributed by atoms with Crippen molar-refractivity contribution in [2.24, 2.45) is 5.41 Å². The maximum atomic E-state index is 14.2. The molecule has 33 heavy (non-hydrogen) atoms. The summed E-state index contributed by atoms with van der Waals surface area (Å²) in [6.07, 6.45) is -2.19. The van der Waals surface area contributed by atoms with Gasteiger partial charge in [-0.15, -0.1) is 0 Å². The first kappa shape index (κ1) is 23.3. The summed E-state index contributed by atoms with van der Waals surface area (Å²) in [4.78, 5) is 42.2. The van der Waals surface area contributed by atoms with Gasteiger partial charge in [0.25, 0.3) is 5.91 Å². The second kappa shape index (κ2) is 7.86. The monoisotopic (exact) mass is 482 g/mol. The van der Waals surface area contributed by atoms with Crippen molar-refractivity contribution < 1.29 is 27.6 Å². The lowest BCUT2D eigenvalue weighted by Gasteiger charge is -2.32. The molecule has 11 heteroatoms. The lowest BCUT2D eigenvalue weighted by atomic mass is 9.88. The van der Waals surface area contributed by atoms with Crippen LogP contribution in [0.15, 0.2) is 12.3 Å². The van der Waals surface area contributed by atoms with Crippen molar-refractivity contribution in [3.05, 3.63) is 45.4 Å². The lowest BCUT2D eigenvalue weighted by molar-refractivity contribution is -0.163. The molecule has 7 nitrogen and oxygen atoms in total. The van der Waals surface area contributed by atoms with Crippen LogP contribution in [0.2, 0.25) is 5.02 Å². The number of fused-ring (bicyclic) bond motifs is 3. The number of carbonyl (C=O) groups is 3. The van der Waals surface area contributed by atoms with E-state index in [0.29, 0.717) is 30.4 Å². The van der Waals surface area contributed by atoms with Crippen molar-refractivity contribution in [2.45, 2.75) is 52.4 Å². The van der Waals surface area contributed by atoms with Gasteiger partial charge in [-0.1, -0.05) is 25.4 Å². The Labute approximate surface area is 192 Å². The smallest absolute Gasteiger partial charge is 0.341 e. The van der Waals surface area contributed by atoms with Crippen LogP contribution < -0.4 is 10.2 Å². The summed E-state index contributed by atoms with van der Waals surface area (Å²) < 4.78 is 44.1. The molecule has 1 aliphatic heterocycles. The number of nitrogens with one attached hydrogen (secondary N) is 1. The maximum absolute atomic E-state index is 14.2. The summed E-state index contributed by atoms with van der Waals surface area (Å²) in [5, 5.41) is 2.08. The van der Waals surface area contributed by atoms with Crippen molar-refractivity contribution >= 4 is 35.5 Å². The van der Waals surface area contributed by atoms with Crippen LogP contribution in [0.25, 0.3) is 0 Å². The van der Waals surface area contributed by atoms with Gasteiger partial charge in [0.05, 0.1) is 10.6 Å². The Hall–Kier alpha value is -2.88. The molecule has 0 aromatic carbocycles. The number of pyridine rings is 1. The zero-order chi connectivity index (χ0) is 24.3. The third kappa shape index (κ3) is 3.90. The van der Waals surface area contributed by atoms with E-state index in [-0.39, 0.29) is 46.2 Å². The molecule has 1 atom stereocenters. The molecule has 1 N–H and O–H groups in total. The number of aldehydes is 1. The van der Waals surface area contributed by atoms with Gasteiger partial charge in [-0.2, -0.15) is 13.2 Å².